The lowest BCUT2D eigenvalue weighted by Gasteiger charge is -2.39. The van der Waals surface area contributed by atoms with Gasteiger partial charge in [0.15, 0.2) is 0 Å². The van der Waals surface area contributed by atoms with Crippen molar-refractivity contribution in [2.45, 2.75) is 26.8 Å². The molecule has 1 aliphatic heterocycles. The quantitative estimate of drug-likeness (QED) is 0.852. The van der Waals surface area contributed by atoms with Crippen LogP contribution in [0.5, 0.6) is 5.75 Å². The molecule has 0 bridgehead atoms. The van der Waals surface area contributed by atoms with Crippen molar-refractivity contribution in [3.05, 3.63) is 59.2 Å². The zero-order chi connectivity index (χ0) is 18.8. The van der Waals surface area contributed by atoms with Gasteiger partial charge < -0.3 is 14.5 Å². The van der Waals surface area contributed by atoms with Crippen molar-refractivity contribution in [1.29, 1.82) is 0 Å². The van der Waals surface area contributed by atoms with Gasteiger partial charge in [0.1, 0.15) is 11.8 Å². The van der Waals surface area contributed by atoms with Crippen LogP contribution in [0.15, 0.2) is 42.5 Å². The van der Waals surface area contributed by atoms with E-state index in [1.165, 1.54) is 0 Å². The van der Waals surface area contributed by atoms with Gasteiger partial charge in [0.2, 0.25) is 5.91 Å². The van der Waals surface area contributed by atoms with Gasteiger partial charge in [-0.15, -0.1) is 0 Å². The molecular formula is C21H24N2O3. The Bertz CT molecular complexity index is 847. The lowest BCUT2D eigenvalue weighted by atomic mass is 10.1. The number of hydrogen-bond donors (Lipinski definition) is 0. The number of methoxy groups -OCH3 is 1. The maximum absolute atomic E-state index is 13.0. The van der Waals surface area contributed by atoms with Gasteiger partial charge in [-0.2, -0.15) is 0 Å². The third-order valence-corrected chi connectivity index (χ3v) is 4.81. The standard InChI is InChI=1S/C21H24N2O3/c1-14-6-5-7-17(12-14)21(25)22-10-11-23(20(24)16(22)3)18-13-15(2)8-9-19(18)26-4/h5-9,12-13,16H,10-11H2,1-4H3/t16-/m0/s1. The number of aryl methyl sites for hydroxylation is 2. The molecule has 3 rings (SSSR count). The molecule has 5 nitrogen and oxygen atoms in total. The monoisotopic (exact) mass is 352 g/mol. The summed E-state index contributed by atoms with van der Waals surface area (Å²) < 4.78 is 5.42. The maximum Gasteiger partial charge on any atom is 0.254 e. The lowest BCUT2D eigenvalue weighted by Crippen LogP contribution is -2.57. The highest BCUT2D eigenvalue weighted by Crippen LogP contribution is 2.31. The van der Waals surface area contributed by atoms with E-state index in [9.17, 15) is 9.59 Å². The van der Waals surface area contributed by atoms with E-state index in [-0.39, 0.29) is 11.8 Å². The SMILES string of the molecule is COc1ccc(C)cc1N1CCN(C(=O)c2cccc(C)c2)[C@@H](C)C1=O. The van der Waals surface area contributed by atoms with Crippen LogP contribution in [0.2, 0.25) is 0 Å². The molecule has 5 heteroatoms. The first kappa shape index (κ1) is 18.0. The second-order valence-electron chi connectivity index (χ2n) is 6.71. The van der Waals surface area contributed by atoms with Crippen molar-refractivity contribution in [3.8, 4) is 5.75 Å². The van der Waals surface area contributed by atoms with Crippen molar-refractivity contribution in [2.75, 3.05) is 25.1 Å². The van der Waals surface area contributed by atoms with Crippen molar-refractivity contribution in [2.24, 2.45) is 0 Å². The zero-order valence-electron chi connectivity index (χ0n) is 15.7. The van der Waals surface area contributed by atoms with Crippen molar-refractivity contribution in [3.63, 3.8) is 0 Å². The summed E-state index contributed by atoms with van der Waals surface area (Å²) in [4.78, 5) is 29.2. The fourth-order valence-corrected chi connectivity index (χ4v) is 3.34. The Morgan fingerprint density at radius 3 is 2.50 bits per heavy atom. The fraction of sp³-hybridized carbons (Fsp3) is 0.333. The number of amides is 2. The number of rotatable bonds is 3. The smallest absolute Gasteiger partial charge is 0.254 e. The van der Waals surface area contributed by atoms with Gasteiger partial charge in [-0.1, -0.05) is 23.8 Å². The van der Waals surface area contributed by atoms with E-state index in [1.807, 2.05) is 50.2 Å². The minimum Gasteiger partial charge on any atom is -0.495 e. The third-order valence-electron chi connectivity index (χ3n) is 4.81. The van der Waals surface area contributed by atoms with E-state index in [4.69, 9.17) is 4.74 Å². The van der Waals surface area contributed by atoms with Crippen LogP contribution < -0.4 is 9.64 Å². The van der Waals surface area contributed by atoms with Gasteiger partial charge in [0.25, 0.3) is 5.91 Å². The Morgan fingerprint density at radius 1 is 1.08 bits per heavy atom. The Hall–Kier alpha value is -2.82. The normalized spacial score (nSPS) is 17.4. The zero-order valence-corrected chi connectivity index (χ0v) is 15.7. The Morgan fingerprint density at radius 2 is 1.81 bits per heavy atom. The minimum atomic E-state index is -0.526. The molecule has 0 saturated carbocycles. The summed E-state index contributed by atoms with van der Waals surface area (Å²) in [5.74, 6) is 0.459. The van der Waals surface area contributed by atoms with Gasteiger partial charge >= 0.3 is 0 Å². The van der Waals surface area contributed by atoms with Gasteiger partial charge in [0.05, 0.1) is 12.8 Å². The molecule has 1 aliphatic rings. The molecule has 2 aromatic rings. The summed E-state index contributed by atoms with van der Waals surface area (Å²) in [6, 6.07) is 12.7. The summed E-state index contributed by atoms with van der Waals surface area (Å²) in [6.45, 7) is 6.64. The van der Waals surface area contributed by atoms with Crippen LogP contribution in [0.3, 0.4) is 0 Å². The first-order valence-corrected chi connectivity index (χ1v) is 8.76. The van der Waals surface area contributed by atoms with Crippen molar-refractivity contribution >= 4 is 17.5 Å². The van der Waals surface area contributed by atoms with Crippen LogP contribution in [0.25, 0.3) is 0 Å². The van der Waals surface area contributed by atoms with Crippen LogP contribution in [0.4, 0.5) is 5.69 Å². The number of nitrogens with zero attached hydrogens (tertiary/aromatic N) is 2. The molecule has 1 atom stereocenters. The summed E-state index contributed by atoms with van der Waals surface area (Å²) in [6.07, 6.45) is 0. The molecule has 0 spiro atoms. The molecule has 0 N–H and O–H groups in total. The summed E-state index contributed by atoms with van der Waals surface area (Å²) >= 11 is 0. The molecule has 2 aromatic carbocycles. The number of carbonyl (C=O) groups excluding carboxylic acids is 2. The fourth-order valence-electron chi connectivity index (χ4n) is 3.34. The van der Waals surface area contributed by atoms with E-state index < -0.39 is 6.04 Å². The first-order chi connectivity index (χ1) is 12.4. The van der Waals surface area contributed by atoms with Gasteiger partial charge in [0, 0.05) is 18.7 Å². The molecule has 1 saturated heterocycles. The molecule has 0 unspecified atom stereocenters. The van der Waals surface area contributed by atoms with Crippen molar-refractivity contribution < 1.29 is 14.3 Å². The maximum atomic E-state index is 13.0. The van der Waals surface area contributed by atoms with Crippen molar-refractivity contribution in [1.82, 2.24) is 4.90 Å². The third kappa shape index (κ3) is 3.29. The summed E-state index contributed by atoms with van der Waals surface area (Å²) in [5.41, 5.74) is 3.45. The molecule has 1 fully saturated rings. The highest BCUT2D eigenvalue weighted by Gasteiger charge is 2.36. The highest BCUT2D eigenvalue weighted by atomic mass is 16.5. The highest BCUT2D eigenvalue weighted by molar-refractivity contribution is 6.04. The van der Waals surface area contributed by atoms with Crippen LogP contribution in [-0.4, -0.2) is 43.0 Å². The second-order valence-corrected chi connectivity index (χ2v) is 6.71. The van der Waals surface area contributed by atoms with E-state index in [2.05, 4.69) is 0 Å². The average molecular weight is 352 g/mol. The van der Waals surface area contributed by atoms with Gasteiger partial charge in [-0.25, -0.2) is 0 Å². The first-order valence-electron chi connectivity index (χ1n) is 8.76. The number of piperazine rings is 1. The van der Waals surface area contributed by atoms with E-state index in [0.29, 0.717) is 24.4 Å². The number of benzene rings is 2. The Labute approximate surface area is 154 Å². The molecule has 0 aromatic heterocycles. The molecule has 2 amide bonds. The predicted molar refractivity (Wildman–Crippen MR) is 102 cm³/mol. The number of carbonyl (C=O) groups is 2. The minimum absolute atomic E-state index is 0.0962. The second kappa shape index (κ2) is 7.20. The van der Waals surface area contributed by atoms with E-state index >= 15 is 0 Å². The van der Waals surface area contributed by atoms with Crippen LogP contribution in [0, 0.1) is 13.8 Å². The van der Waals surface area contributed by atoms with Gasteiger partial charge in [-0.3, -0.25) is 9.59 Å². The molecule has 136 valence electrons. The number of anilines is 1. The molecule has 1 heterocycles. The molecule has 26 heavy (non-hydrogen) atoms. The summed E-state index contributed by atoms with van der Waals surface area (Å²) in [5, 5.41) is 0. The largest absolute Gasteiger partial charge is 0.495 e. The van der Waals surface area contributed by atoms with Gasteiger partial charge in [-0.05, 0) is 50.6 Å². The van der Waals surface area contributed by atoms with Crippen LogP contribution in [-0.2, 0) is 4.79 Å². The van der Waals surface area contributed by atoms with E-state index in [0.717, 1.165) is 16.8 Å². The lowest BCUT2D eigenvalue weighted by molar-refractivity contribution is -0.124. The number of ether oxygens (including phenoxy) is 1. The Balaban J connectivity index is 1.85. The van der Waals surface area contributed by atoms with Crippen LogP contribution in [0.1, 0.15) is 28.4 Å². The Kier molecular flexibility index (Phi) is 4.98. The molecule has 0 radical (unpaired) electrons. The average Bonchev–Trinajstić information content (AvgIpc) is 2.63. The predicted octanol–water partition coefficient (Wildman–Crippen LogP) is 3.19. The van der Waals surface area contributed by atoms with E-state index in [1.54, 1.807) is 29.9 Å². The topological polar surface area (TPSA) is 49.9 Å². The summed E-state index contributed by atoms with van der Waals surface area (Å²) in [7, 11) is 1.60. The van der Waals surface area contributed by atoms with Crippen LogP contribution >= 0.6 is 0 Å². The number of hydrogen-bond acceptors (Lipinski definition) is 3. The molecule has 0 aliphatic carbocycles. The molecular weight excluding hydrogens is 328 g/mol.